The highest BCUT2D eigenvalue weighted by molar-refractivity contribution is 5.77. The SMILES string of the molecule is Cc1ccc(CCC(=O)NCCNC(=O)CC(C)(C)CO)c(F)c1. The van der Waals surface area contributed by atoms with Crippen LogP contribution in [0, 0.1) is 18.2 Å². The number of hydrogen-bond acceptors (Lipinski definition) is 3. The highest BCUT2D eigenvalue weighted by Crippen LogP contribution is 2.18. The van der Waals surface area contributed by atoms with Gasteiger partial charge in [-0.2, -0.15) is 0 Å². The van der Waals surface area contributed by atoms with E-state index < -0.39 is 5.41 Å². The summed E-state index contributed by atoms with van der Waals surface area (Å²) in [4.78, 5) is 23.4. The van der Waals surface area contributed by atoms with Crippen LogP contribution in [-0.4, -0.2) is 36.6 Å². The maximum atomic E-state index is 13.7. The highest BCUT2D eigenvalue weighted by atomic mass is 19.1. The third-order valence-electron chi connectivity index (χ3n) is 3.67. The summed E-state index contributed by atoms with van der Waals surface area (Å²) in [5.74, 6) is -0.633. The molecule has 5 nitrogen and oxygen atoms in total. The first-order chi connectivity index (χ1) is 11.2. The van der Waals surface area contributed by atoms with Crippen LogP contribution in [0.15, 0.2) is 18.2 Å². The third kappa shape index (κ3) is 7.55. The first-order valence-corrected chi connectivity index (χ1v) is 8.13. The Morgan fingerprint density at radius 2 is 1.79 bits per heavy atom. The Morgan fingerprint density at radius 3 is 2.38 bits per heavy atom. The summed E-state index contributed by atoms with van der Waals surface area (Å²) in [6.07, 6.45) is 0.768. The lowest BCUT2D eigenvalue weighted by atomic mass is 9.90. The standard InChI is InChI=1S/C18H27FN2O3/c1-13-4-5-14(15(19)10-13)6-7-16(23)20-8-9-21-17(24)11-18(2,3)12-22/h4-5,10,22H,6-9,11-12H2,1-3H3,(H,20,23)(H,21,24). The van der Waals surface area contributed by atoms with Crippen LogP contribution in [0.25, 0.3) is 0 Å². The normalized spacial score (nSPS) is 11.2. The Morgan fingerprint density at radius 1 is 1.17 bits per heavy atom. The molecular formula is C18H27FN2O3. The lowest BCUT2D eigenvalue weighted by molar-refractivity contribution is -0.124. The Labute approximate surface area is 142 Å². The molecule has 1 aromatic carbocycles. The zero-order chi connectivity index (χ0) is 18.2. The summed E-state index contributed by atoms with van der Waals surface area (Å²) < 4.78 is 13.7. The van der Waals surface area contributed by atoms with Crippen LogP contribution in [0.1, 0.15) is 37.8 Å². The van der Waals surface area contributed by atoms with E-state index in [0.717, 1.165) is 5.56 Å². The van der Waals surface area contributed by atoms with Crippen molar-refractivity contribution < 1.29 is 19.1 Å². The van der Waals surface area contributed by atoms with Crippen LogP contribution in [-0.2, 0) is 16.0 Å². The molecule has 1 rings (SSSR count). The number of aryl methyl sites for hydroxylation is 2. The molecule has 0 aromatic heterocycles. The number of hydrogen-bond donors (Lipinski definition) is 3. The second-order valence-electron chi connectivity index (χ2n) is 6.79. The molecular weight excluding hydrogens is 311 g/mol. The minimum absolute atomic E-state index is 0.0628. The summed E-state index contributed by atoms with van der Waals surface area (Å²) >= 11 is 0. The maximum Gasteiger partial charge on any atom is 0.220 e. The number of nitrogens with one attached hydrogen (secondary N) is 2. The van der Waals surface area contributed by atoms with Crippen LogP contribution in [0.2, 0.25) is 0 Å². The fourth-order valence-corrected chi connectivity index (χ4v) is 2.15. The zero-order valence-corrected chi connectivity index (χ0v) is 14.6. The van der Waals surface area contributed by atoms with Crippen LogP contribution in [0.4, 0.5) is 4.39 Å². The molecule has 0 heterocycles. The predicted molar refractivity (Wildman–Crippen MR) is 91.0 cm³/mol. The van der Waals surface area contributed by atoms with Gasteiger partial charge in [-0.05, 0) is 36.0 Å². The number of rotatable bonds is 9. The third-order valence-corrected chi connectivity index (χ3v) is 3.67. The number of carbonyl (C=O) groups is 2. The number of benzene rings is 1. The van der Waals surface area contributed by atoms with Gasteiger partial charge in [0.1, 0.15) is 5.82 Å². The van der Waals surface area contributed by atoms with E-state index in [1.54, 1.807) is 19.9 Å². The Bertz CT molecular complexity index is 573. The van der Waals surface area contributed by atoms with E-state index in [9.17, 15) is 14.0 Å². The summed E-state index contributed by atoms with van der Waals surface area (Å²) in [5, 5.41) is 14.5. The second kappa shape index (κ2) is 9.37. The fraction of sp³-hybridized carbons (Fsp3) is 0.556. The molecule has 0 aliphatic carbocycles. The minimum atomic E-state index is -0.453. The van der Waals surface area contributed by atoms with Crippen molar-refractivity contribution in [2.75, 3.05) is 19.7 Å². The minimum Gasteiger partial charge on any atom is -0.396 e. The maximum absolute atomic E-state index is 13.7. The zero-order valence-electron chi connectivity index (χ0n) is 14.6. The van der Waals surface area contributed by atoms with E-state index in [4.69, 9.17) is 5.11 Å². The largest absolute Gasteiger partial charge is 0.396 e. The van der Waals surface area contributed by atoms with E-state index >= 15 is 0 Å². The van der Waals surface area contributed by atoms with Gasteiger partial charge in [0.15, 0.2) is 0 Å². The van der Waals surface area contributed by atoms with E-state index in [1.807, 2.05) is 13.0 Å². The summed E-state index contributed by atoms with van der Waals surface area (Å²) in [6, 6.07) is 4.97. The molecule has 0 bridgehead atoms. The number of amides is 2. The number of aliphatic hydroxyl groups excluding tert-OH is 1. The monoisotopic (exact) mass is 338 g/mol. The van der Waals surface area contributed by atoms with Crippen molar-refractivity contribution in [1.82, 2.24) is 10.6 Å². The van der Waals surface area contributed by atoms with Crippen molar-refractivity contribution >= 4 is 11.8 Å². The average molecular weight is 338 g/mol. The molecule has 1 aromatic rings. The second-order valence-corrected chi connectivity index (χ2v) is 6.79. The van der Waals surface area contributed by atoms with Crippen molar-refractivity contribution in [3.05, 3.63) is 35.1 Å². The van der Waals surface area contributed by atoms with Crippen LogP contribution in [0.5, 0.6) is 0 Å². The van der Waals surface area contributed by atoms with E-state index in [1.165, 1.54) is 6.07 Å². The van der Waals surface area contributed by atoms with Gasteiger partial charge in [0.05, 0.1) is 0 Å². The molecule has 3 N–H and O–H groups in total. The number of halogens is 1. The first-order valence-electron chi connectivity index (χ1n) is 8.13. The van der Waals surface area contributed by atoms with Gasteiger partial charge in [0.2, 0.25) is 11.8 Å². The molecule has 0 spiro atoms. The molecule has 0 saturated heterocycles. The molecule has 0 aliphatic rings. The van der Waals surface area contributed by atoms with Gasteiger partial charge < -0.3 is 15.7 Å². The van der Waals surface area contributed by atoms with Gasteiger partial charge in [-0.15, -0.1) is 0 Å². The van der Waals surface area contributed by atoms with E-state index in [-0.39, 0.29) is 37.1 Å². The van der Waals surface area contributed by atoms with Gasteiger partial charge in [-0.25, -0.2) is 4.39 Å². The summed E-state index contributed by atoms with van der Waals surface area (Å²) in [7, 11) is 0. The van der Waals surface area contributed by atoms with Crippen molar-refractivity contribution in [3.8, 4) is 0 Å². The lowest BCUT2D eigenvalue weighted by Gasteiger charge is -2.20. The summed E-state index contributed by atoms with van der Waals surface area (Å²) in [5.41, 5.74) is 0.918. The van der Waals surface area contributed by atoms with Crippen LogP contribution >= 0.6 is 0 Å². The van der Waals surface area contributed by atoms with E-state index in [0.29, 0.717) is 25.1 Å². The molecule has 0 saturated carbocycles. The lowest BCUT2D eigenvalue weighted by Crippen LogP contribution is -2.37. The first kappa shape index (κ1) is 20.1. The number of carbonyl (C=O) groups excluding carboxylic acids is 2. The smallest absolute Gasteiger partial charge is 0.220 e. The van der Waals surface area contributed by atoms with Gasteiger partial charge in [0, 0.05) is 32.5 Å². The topological polar surface area (TPSA) is 78.4 Å². The van der Waals surface area contributed by atoms with Crippen molar-refractivity contribution in [2.24, 2.45) is 5.41 Å². The molecule has 0 aliphatic heterocycles. The fourth-order valence-electron chi connectivity index (χ4n) is 2.15. The number of aliphatic hydroxyl groups is 1. The van der Waals surface area contributed by atoms with Gasteiger partial charge in [0.25, 0.3) is 0 Å². The van der Waals surface area contributed by atoms with Crippen molar-refractivity contribution in [3.63, 3.8) is 0 Å². The van der Waals surface area contributed by atoms with Crippen molar-refractivity contribution in [1.29, 1.82) is 0 Å². The van der Waals surface area contributed by atoms with Crippen LogP contribution in [0.3, 0.4) is 0 Å². The van der Waals surface area contributed by atoms with Gasteiger partial charge in [-0.3, -0.25) is 9.59 Å². The molecule has 0 atom stereocenters. The molecule has 0 unspecified atom stereocenters. The molecule has 0 radical (unpaired) electrons. The average Bonchev–Trinajstić information content (AvgIpc) is 2.50. The highest BCUT2D eigenvalue weighted by Gasteiger charge is 2.20. The molecule has 134 valence electrons. The van der Waals surface area contributed by atoms with Gasteiger partial charge >= 0.3 is 0 Å². The van der Waals surface area contributed by atoms with Crippen LogP contribution < -0.4 is 10.6 Å². The Kier molecular flexibility index (Phi) is 7.85. The molecule has 2 amide bonds. The molecule has 6 heteroatoms. The van der Waals surface area contributed by atoms with Crippen molar-refractivity contribution in [2.45, 2.75) is 40.0 Å². The summed E-state index contributed by atoms with van der Waals surface area (Å²) in [6.45, 7) is 6.00. The van der Waals surface area contributed by atoms with Gasteiger partial charge in [-0.1, -0.05) is 26.0 Å². The quantitative estimate of drug-likeness (QED) is 0.600. The van der Waals surface area contributed by atoms with E-state index in [2.05, 4.69) is 10.6 Å². The predicted octanol–water partition coefficient (Wildman–Crippen LogP) is 1.71. The molecule has 24 heavy (non-hydrogen) atoms. The molecule has 0 fully saturated rings. The Hall–Kier alpha value is -1.95. The Balaban J connectivity index is 2.21.